The van der Waals surface area contributed by atoms with Gasteiger partial charge in [-0.2, -0.15) is 0 Å². The lowest BCUT2D eigenvalue weighted by atomic mass is 9.82. The molecule has 2 saturated carbocycles. The largest absolute Gasteiger partial charge is 0.389 e. The monoisotopic (exact) mass is 323 g/mol. The summed E-state index contributed by atoms with van der Waals surface area (Å²) >= 11 is 0. The number of aliphatic hydroxyl groups is 1. The molecule has 3 rings (SSSR count). The predicted molar refractivity (Wildman–Crippen MR) is 92.5 cm³/mol. The van der Waals surface area contributed by atoms with Crippen LogP contribution < -0.4 is 5.32 Å². The van der Waals surface area contributed by atoms with Gasteiger partial charge in [-0.25, -0.2) is 0 Å². The lowest BCUT2D eigenvalue weighted by molar-refractivity contribution is 0.0367. The Kier molecular flexibility index (Phi) is 6.17. The van der Waals surface area contributed by atoms with Gasteiger partial charge in [0.05, 0.1) is 19.3 Å². The van der Waals surface area contributed by atoms with Gasteiger partial charge in [0.1, 0.15) is 0 Å². The summed E-state index contributed by atoms with van der Waals surface area (Å²) in [5, 5.41) is 13.5. The summed E-state index contributed by atoms with van der Waals surface area (Å²) < 4.78 is 5.56. The van der Waals surface area contributed by atoms with Crippen LogP contribution in [0.2, 0.25) is 0 Å². The number of hydrogen-bond donors (Lipinski definition) is 2. The molecule has 0 aromatic carbocycles. The second kappa shape index (κ2) is 8.34. The summed E-state index contributed by atoms with van der Waals surface area (Å²) in [7, 11) is 0. The standard InChI is InChI=1S/C18H33N3O2/c1-2-19-18(20-9-17(22)13-23-12-14-7-8-14)21-10-15-5-3-4-6-16(15)11-21/h14-17,22H,2-13H2,1H3,(H,19,20). The van der Waals surface area contributed by atoms with Crippen molar-refractivity contribution in [1.29, 1.82) is 0 Å². The molecule has 1 aliphatic heterocycles. The SMILES string of the molecule is CCNC(=NCC(O)COCC1CC1)N1CC2CCCCC2C1. The fourth-order valence-corrected chi connectivity index (χ4v) is 3.90. The number of fused-ring (bicyclic) bond motifs is 1. The molecule has 0 aromatic rings. The molecule has 0 aromatic heterocycles. The van der Waals surface area contributed by atoms with Crippen LogP contribution in [-0.4, -0.2) is 61.5 Å². The molecule has 1 saturated heterocycles. The maximum atomic E-state index is 10.1. The number of ether oxygens (including phenoxy) is 1. The minimum atomic E-state index is -0.493. The van der Waals surface area contributed by atoms with E-state index in [0.29, 0.717) is 13.2 Å². The van der Waals surface area contributed by atoms with E-state index < -0.39 is 6.10 Å². The van der Waals surface area contributed by atoms with Gasteiger partial charge in [-0.3, -0.25) is 4.99 Å². The highest BCUT2D eigenvalue weighted by Crippen LogP contribution is 2.35. The van der Waals surface area contributed by atoms with E-state index >= 15 is 0 Å². The number of hydrogen-bond acceptors (Lipinski definition) is 3. The first kappa shape index (κ1) is 17.0. The Balaban J connectivity index is 1.46. The number of aliphatic imine (C=N–C) groups is 1. The summed E-state index contributed by atoms with van der Waals surface area (Å²) in [5.41, 5.74) is 0. The molecule has 3 unspecified atom stereocenters. The minimum absolute atomic E-state index is 0.407. The fraction of sp³-hybridized carbons (Fsp3) is 0.944. The van der Waals surface area contributed by atoms with Crippen LogP contribution in [0.4, 0.5) is 0 Å². The molecule has 3 fully saturated rings. The second-order valence-corrected chi connectivity index (χ2v) is 7.54. The van der Waals surface area contributed by atoms with Crippen molar-refractivity contribution in [3.8, 4) is 0 Å². The maximum absolute atomic E-state index is 10.1. The molecule has 5 heteroatoms. The molecular weight excluding hydrogens is 290 g/mol. The summed E-state index contributed by atoms with van der Waals surface area (Å²) in [6.07, 6.45) is 7.61. The van der Waals surface area contributed by atoms with Gasteiger partial charge in [0, 0.05) is 26.2 Å². The zero-order valence-electron chi connectivity index (χ0n) is 14.5. The molecule has 2 N–H and O–H groups in total. The van der Waals surface area contributed by atoms with Gasteiger partial charge in [0.2, 0.25) is 0 Å². The summed E-state index contributed by atoms with van der Waals surface area (Å²) in [5.74, 6) is 3.41. The van der Waals surface area contributed by atoms with Crippen LogP contribution >= 0.6 is 0 Å². The Labute approximate surface area is 140 Å². The molecule has 3 aliphatic rings. The highest BCUT2D eigenvalue weighted by atomic mass is 16.5. The second-order valence-electron chi connectivity index (χ2n) is 7.54. The first-order valence-electron chi connectivity index (χ1n) is 9.55. The lowest BCUT2D eigenvalue weighted by Gasteiger charge is -2.22. The summed E-state index contributed by atoms with van der Waals surface area (Å²) in [6.45, 7) is 6.88. The van der Waals surface area contributed by atoms with Crippen LogP contribution in [-0.2, 0) is 4.74 Å². The van der Waals surface area contributed by atoms with Crippen LogP contribution in [0.1, 0.15) is 45.4 Å². The maximum Gasteiger partial charge on any atom is 0.194 e. The first-order chi connectivity index (χ1) is 11.3. The third-order valence-corrected chi connectivity index (χ3v) is 5.42. The van der Waals surface area contributed by atoms with Gasteiger partial charge in [0.25, 0.3) is 0 Å². The molecule has 3 atom stereocenters. The average Bonchev–Trinajstić information content (AvgIpc) is 3.27. The zero-order chi connectivity index (χ0) is 16.1. The van der Waals surface area contributed by atoms with Gasteiger partial charge >= 0.3 is 0 Å². The molecule has 1 heterocycles. The lowest BCUT2D eigenvalue weighted by Crippen LogP contribution is -2.41. The molecule has 5 nitrogen and oxygen atoms in total. The van der Waals surface area contributed by atoms with Gasteiger partial charge < -0.3 is 20.1 Å². The van der Waals surface area contributed by atoms with E-state index in [4.69, 9.17) is 4.74 Å². The molecule has 2 aliphatic carbocycles. The number of nitrogens with zero attached hydrogens (tertiary/aromatic N) is 2. The van der Waals surface area contributed by atoms with Gasteiger partial charge in [0.15, 0.2) is 5.96 Å². The van der Waals surface area contributed by atoms with Crippen LogP contribution in [0.3, 0.4) is 0 Å². The highest BCUT2D eigenvalue weighted by Gasteiger charge is 2.35. The molecule has 132 valence electrons. The van der Waals surface area contributed by atoms with E-state index in [1.54, 1.807) is 0 Å². The Morgan fingerprint density at radius 2 is 1.91 bits per heavy atom. The number of rotatable bonds is 7. The molecule has 0 spiro atoms. The number of aliphatic hydroxyl groups excluding tert-OH is 1. The van der Waals surface area contributed by atoms with Crippen molar-refractivity contribution in [3.05, 3.63) is 0 Å². The Morgan fingerprint density at radius 1 is 1.22 bits per heavy atom. The van der Waals surface area contributed by atoms with E-state index in [1.165, 1.54) is 38.5 Å². The summed E-state index contributed by atoms with van der Waals surface area (Å²) in [6, 6.07) is 0. The third-order valence-electron chi connectivity index (χ3n) is 5.42. The van der Waals surface area contributed by atoms with Crippen LogP contribution in [0.5, 0.6) is 0 Å². The van der Waals surface area contributed by atoms with Crippen LogP contribution in [0.15, 0.2) is 4.99 Å². The molecule has 0 radical (unpaired) electrons. The average molecular weight is 323 g/mol. The van der Waals surface area contributed by atoms with E-state index in [9.17, 15) is 5.11 Å². The number of likely N-dealkylation sites (tertiary alicyclic amines) is 1. The van der Waals surface area contributed by atoms with Crippen LogP contribution in [0.25, 0.3) is 0 Å². The third kappa shape index (κ3) is 5.08. The Hall–Kier alpha value is -0.810. The fourth-order valence-electron chi connectivity index (χ4n) is 3.90. The topological polar surface area (TPSA) is 57.1 Å². The van der Waals surface area contributed by atoms with Crippen molar-refractivity contribution < 1.29 is 9.84 Å². The first-order valence-corrected chi connectivity index (χ1v) is 9.55. The van der Waals surface area contributed by atoms with Crippen LogP contribution in [0, 0.1) is 17.8 Å². The number of guanidine groups is 1. The zero-order valence-corrected chi connectivity index (χ0v) is 14.5. The Morgan fingerprint density at radius 3 is 2.52 bits per heavy atom. The molecule has 0 bridgehead atoms. The smallest absolute Gasteiger partial charge is 0.194 e. The van der Waals surface area contributed by atoms with E-state index in [-0.39, 0.29) is 0 Å². The van der Waals surface area contributed by atoms with E-state index in [2.05, 4.69) is 22.1 Å². The minimum Gasteiger partial charge on any atom is -0.389 e. The normalized spacial score (nSPS) is 29.5. The van der Waals surface area contributed by atoms with Crippen molar-refractivity contribution in [3.63, 3.8) is 0 Å². The van der Waals surface area contributed by atoms with Crippen molar-refractivity contribution in [2.75, 3.05) is 39.4 Å². The highest BCUT2D eigenvalue weighted by molar-refractivity contribution is 5.80. The van der Waals surface area contributed by atoms with E-state index in [1.807, 2.05) is 0 Å². The Bertz CT molecular complexity index is 384. The predicted octanol–water partition coefficient (Wildman–Crippen LogP) is 1.86. The van der Waals surface area contributed by atoms with Gasteiger partial charge in [-0.1, -0.05) is 12.8 Å². The van der Waals surface area contributed by atoms with Gasteiger partial charge in [-0.05, 0) is 50.4 Å². The van der Waals surface area contributed by atoms with Crippen molar-refractivity contribution in [2.45, 2.75) is 51.6 Å². The van der Waals surface area contributed by atoms with Crippen molar-refractivity contribution in [2.24, 2.45) is 22.7 Å². The van der Waals surface area contributed by atoms with Crippen molar-refractivity contribution in [1.82, 2.24) is 10.2 Å². The molecule has 23 heavy (non-hydrogen) atoms. The van der Waals surface area contributed by atoms with E-state index in [0.717, 1.165) is 50.0 Å². The molecular formula is C18H33N3O2. The van der Waals surface area contributed by atoms with Gasteiger partial charge in [-0.15, -0.1) is 0 Å². The summed E-state index contributed by atoms with van der Waals surface area (Å²) in [4.78, 5) is 7.07. The van der Waals surface area contributed by atoms with Crippen molar-refractivity contribution >= 4 is 5.96 Å². The number of nitrogens with one attached hydrogen (secondary N) is 1. The molecule has 0 amide bonds. The quantitative estimate of drug-likeness (QED) is 0.555.